The fourth-order valence-electron chi connectivity index (χ4n) is 2.12. The summed E-state index contributed by atoms with van der Waals surface area (Å²) < 4.78 is 26.7. The van der Waals surface area contributed by atoms with E-state index in [-0.39, 0.29) is 5.75 Å². The van der Waals surface area contributed by atoms with Crippen LogP contribution in [-0.2, 0) is 10.0 Å². The summed E-state index contributed by atoms with van der Waals surface area (Å²) in [7, 11) is -3.24. The Morgan fingerprint density at radius 3 is 2.33 bits per heavy atom. The molecule has 0 amide bonds. The Hall–Kier alpha value is -1.07. The van der Waals surface area contributed by atoms with Crippen LogP contribution in [0.2, 0.25) is 0 Å². The van der Waals surface area contributed by atoms with Gasteiger partial charge in [-0.05, 0) is 44.5 Å². The van der Waals surface area contributed by atoms with Crippen molar-refractivity contribution < 1.29 is 8.42 Å². The van der Waals surface area contributed by atoms with Gasteiger partial charge in [-0.3, -0.25) is 4.31 Å². The molecule has 0 unspecified atom stereocenters. The molecule has 0 saturated heterocycles. The molecule has 1 aromatic rings. The molecule has 0 aliphatic rings. The van der Waals surface area contributed by atoms with Crippen LogP contribution in [0.3, 0.4) is 0 Å². The first kappa shape index (κ1) is 18.0. The van der Waals surface area contributed by atoms with Gasteiger partial charge in [-0.2, -0.15) is 0 Å². The van der Waals surface area contributed by atoms with E-state index >= 15 is 0 Å². The van der Waals surface area contributed by atoms with Crippen LogP contribution in [0.1, 0.15) is 39.5 Å². The number of hydrogen-bond donors (Lipinski definition) is 1. The monoisotopic (exact) mass is 312 g/mol. The van der Waals surface area contributed by atoms with Crippen molar-refractivity contribution in [2.24, 2.45) is 0 Å². The highest BCUT2D eigenvalue weighted by Crippen LogP contribution is 2.19. The van der Waals surface area contributed by atoms with Crippen molar-refractivity contribution in [2.75, 3.05) is 29.7 Å². The number of sulfonamides is 1. The summed E-state index contributed by atoms with van der Waals surface area (Å²) in [6, 6.07) is 9.40. The molecule has 1 rings (SSSR count). The predicted molar refractivity (Wildman–Crippen MR) is 90.3 cm³/mol. The molecular formula is C16H28N2O2S. The third-order valence-corrected chi connectivity index (χ3v) is 5.15. The van der Waals surface area contributed by atoms with Gasteiger partial charge in [0, 0.05) is 6.54 Å². The average Bonchev–Trinajstić information content (AvgIpc) is 2.48. The smallest absolute Gasteiger partial charge is 0.235 e. The van der Waals surface area contributed by atoms with Crippen LogP contribution in [0.4, 0.5) is 5.69 Å². The van der Waals surface area contributed by atoms with Gasteiger partial charge in [0.1, 0.15) is 0 Å². The molecule has 0 heterocycles. The van der Waals surface area contributed by atoms with E-state index < -0.39 is 10.0 Å². The van der Waals surface area contributed by atoms with Crippen LogP contribution < -0.4 is 9.62 Å². The van der Waals surface area contributed by atoms with Crippen molar-refractivity contribution >= 4 is 15.7 Å². The third-order valence-electron chi connectivity index (χ3n) is 3.28. The third kappa shape index (κ3) is 6.48. The largest absolute Gasteiger partial charge is 0.317 e. The van der Waals surface area contributed by atoms with Crippen molar-refractivity contribution in [3.05, 3.63) is 30.3 Å². The molecule has 0 saturated carbocycles. The minimum absolute atomic E-state index is 0.197. The first-order valence-electron chi connectivity index (χ1n) is 7.88. The zero-order valence-electron chi connectivity index (χ0n) is 13.2. The zero-order chi connectivity index (χ0) is 15.6. The van der Waals surface area contributed by atoms with Crippen LogP contribution in [0.5, 0.6) is 0 Å². The van der Waals surface area contributed by atoms with Gasteiger partial charge in [-0.15, -0.1) is 0 Å². The van der Waals surface area contributed by atoms with Gasteiger partial charge >= 0.3 is 0 Å². The lowest BCUT2D eigenvalue weighted by Crippen LogP contribution is -2.34. The highest BCUT2D eigenvalue weighted by atomic mass is 32.2. The molecule has 0 fully saturated rings. The molecule has 0 aliphatic carbocycles. The SMILES string of the molecule is CCCCN(c1ccccc1)S(=O)(=O)CCCNCCC. The van der Waals surface area contributed by atoms with Gasteiger partial charge in [-0.1, -0.05) is 38.5 Å². The summed E-state index contributed by atoms with van der Waals surface area (Å²) in [5, 5.41) is 3.25. The minimum Gasteiger partial charge on any atom is -0.317 e. The Morgan fingerprint density at radius 2 is 1.71 bits per heavy atom. The minimum atomic E-state index is -3.24. The van der Waals surface area contributed by atoms with Crippen LogP contribution >= 0.6 is 0 Å². The number of hydrogen-bond acceptors (Lipinski definition) is 3. The van der Waals surface area contributed by atoms with Crippen molar-refractivity contribution in [2.45, 2.75) is 39.5 Å². The first-order chi connectivity index (χ1) is 10.1. The number of nitrogens with zero attached hydrogens (tertiary/aromatic N) is 1. The van der Waals surface area contributed by atoms with E-state index in [1.807, 2.05) is 30.3 Å². The maximum Gasteiger partial charge on any atom is 0.235 e. The standard InChI is InChI=1S/C16H28N2O2S/c1-3-5-14-18(16-10-7-6-8-11-16)21(19,20)15-9-13-17-12-4-2/h6-8,10-11,17H,3-5,9,12-15H2,1-2H3. The second kappa shape index (κ2) is 9.79. The first-order valence-corrected chi connectivity index (χ1v) is 9.49. The van der Waals surface area contributed by atoms with Crippen LogP contribution in [0.15, 0.2) is 30.3 Å². The zero-order valence-corrected chi connectivity index (χ0v) is 14.0. The summed E-state index contributed by atoms with van der Waals surface area (Å²) in [5.74, 6) is 0.197. The molecule has 1 N–H and O–H groups in total. The van der Waals surface area contributed by atoms with E-state index in [4.69, 9.17) is 0 Å². The molecule has 0 bridgehead atoms. The lowest BCUT2D eigenvalue weighted by Gasteiger charge is -2.24. The number of anilines is 1. The van der Waals surface area contributed by atoms with E-state index in [9.17, 15) is 8.42 Å². The van der Waals surface area contributed by atoms with Crippen molar-refractivity contribution in [1.29, 1.82) is 0 Å². The molecule has 120 valence electrons. The molecule has 0 aliphatic heterocycles. The predicted octanol–water partition coefficient (Wildman–Crippen LogP) is 3.01. The summed E-state index contributed by atoms with van der Waals surface area (Å²) >= 11 is 0. The summed E-state index contributed by atoms with van der Waals surface area (Å²) in [6.45, 7) is 6.43. The Bertz CT molecular complexity index is 474. The highest BCUT2D eigenvalue weighted by Gasteiger charge is 2.21. The van der Waals surface area contributed by atoms with Gasteiger partial charge in [0.2, 0.25) is 10.0 Å². The van der Waals surface area contributed by atoms with Crippen LogP contribution in [0.25, 0.3) is 0 Å². The topological polar surface area (TPSA) is 49.4 Å². The quantitative estimate of drug-likeness (QED) is 0.639. The van der Waals surface area contributed by atoms with E-state index in [1.165, 1.54) is 0 Å². The van der Waals surface area contributed by atoms with Crippen LogP contribution in [-0.4, -0.2) is 33.8 Å². The van der Waals surface area contributed by atoms with Gasteiger partial charge in [0.25, 0.3) is 0 Å². The normalized spacial score (nSPS) is 11.5. The van der Waals surface area contributed by atoms with Crippen molar-refractivity contribution in [3.63, 3.8) is 0 Å². The summed E-state index contributed by atoms with van der Waals surface area (Å²) in [4.78, 5) is 0. The number of rotatable bonds is 11. The number of para-hydroxylation sites is 1. The Morgan fingerprint density at radius 1 is 1.00 bits per heavy atom. The van der Waals surface area contributed by atoms with E-state index in [1.54, 1.807) is 4.31 Å². The second-order valence-electron chi connectivity index (χ2n) is 5.18. The number of benzene rings is 1. The van der Waals surface area contributed by atoms with Gasteiger partial charge in [0.05, 0.1) is 11.4 Å². The molecule has 0 aromatic heterocycles. The molecule has 0 spiro atoms. The fraction of sp³-hybridized carbons (Fsp3) is 0.625. The highest BCUT2D eigenvalue weighted by molar-refractivity contribution is 7.92. The molecule has 21 heavy (non-hydrogen) atoms. The Kier molecular flexibility index (Phi) is 8.38. The molecule has 5 heteroatoms. The van der Waals surface area contributed by atoms with Crippen molar-refractivity contribution in [3.8, 4) is 0 Å². The maximum atomic E-state index is 12.6. The molecule has 1 aromatic carbocycles. The Balaban J connectivity index is 2.67. The lowest BCUT2D eigenvalue weighted by atomic mass is 10.3. The number of unbranched alkanes of at least 4 members (excludes halogenated alkanes) is 1. The summed E-state index contributed by atoms with van der Waals surface area (Å²) in [6.07, 6.45) is 3.58. The lowest BCUT2D eigenvalue weighted by molar-refractivity contribution is 0.581. The van der Waals surface area contributed by atoms with E-state index in [0.717, 1.165) is 38.0 Å². The molecule has 0 radical (unpaired) electrons. The number of nitrogens with one attached hydrogen (secondary N) is 1. The average molecular weight is 312 g/mol. The van der Waals surface area contributed by atoms with Crippen molar-refractivity contribution in [1.82, 2.24) is 5.32 Å². The van der Waals surface area contributed by atoms with Crippen LogP contribution in [0, 0.1) is 0 Å². The summed E-state index contributed by atoms with van der Waals surface area (Å²) in [5.41, 5.74) is 0.771. The maximum absolute atomic E-state index is 12.6. The fourth-order valence-corrected chi connectivity index (χ4v) is 3.70. The molecule has 0 atom stereocenters. The van der Waals surface area contributed by atoms with E-state index in [0.29, 0.717) is 13.0 Å². The molecular weight excluding hydrogens is 284 g/mol. The van der Waals surface area contributed by atoms with Gasteiger partial charge in [-0.25, -0.2) is 8.42 Å². The molecule has 4 nitrogen and oxygen atoms in total. The Labute approximate surface area is 129 Å². The second-order valence-corrected chi connectivity index (χ2v) is 7.19. The van der Waals surface area contributed by atoms with Gasteiger partial charge in [0.15, 0.2) is 0 Å². The van der Waals surface area contributed by atoms with Gasteiger partial charge < -0.3 is 5.32 Å². The van der Waals surface area contributed by atoms with E-state index in [2.05, 4.69) is 19.2 Å².